The first-order valence-corrected chi connectivity index (χ1v) is 49.5. The molecule has 24 nitrogen and oxygen atoms in total. The van der Waals surface area contributed by atoms with Gasteiger partial charge in [-0.3, -0.25) is 43.2 Å². The SMILES string of the molecule is CC1(C)OC(=O)NC1=O.CCCCCCCCCCCCCCOC(=O)c1ccc(Cl)c(NC(=O)C(c2nc3ccccc3c(=O)n2CCCCCCCCCCCC)N2C(=O)OC(C)(C)C2=O)c1.CCCCCCCCCCCCOC(=O)c1ccc(Cl)c(NC(=O)Cc2nc3ccccc3c(=O)n2CCCCCCCCCCCC)c1.CCN(CC)CC.[2H]CC(C)=O. The largest absolute Gasteiger partial charge is 0.462 e. The lowest BCUT2D eigenvalue weighted by atomic mass is 10.1. The zero-order valence-corrected chi connectivity index (χ0v) is 81.8. The van der Waals surface area contributed by atoms with Crippen molar-refractivity contribution in [2.45, 2.75) is 396 Å². The number of carbonyl (C=O) groups excluding carboxylic acids is 9. The quantitative estimate of drug-likeness (QED) is 0.0181. The summed E-state index contributed by atoms with van der Waals surface area (Å²) in [5.74, 6) is -3.12. The maximum atomic E-state index is 14.5. The highest BCUT2D eigenvalue weighted by Gasteiger charge is 2.53. The van der Waals surface area contributed by atoms with Crippen LogP contribution in [0.3, 0.4) is 0 Å². The van der Waals surface area contributed by atoms with Gasteiger partial charge in [0.05, 0.1) is 74.0 Å². The van der Waals surface area contributed by atoms with E-state index in [-0.39, 0.29) is 77.3 Å². The van der Waals surface area contributed by atoms with Gasteiger partial charge in [0.15, 0.2) is 17.2 Å². The highest BCUT2D eigenvalue weighted by atomic mass is 35.5. The summed E-state index contributed by atoms with van der Waals surface area (Å²) in [7, 11) is 0. The Kier molecular flexibility index (Phi) is 55.6. The number of carbonyl (C=O) groups is 9. The summed E-state index contributed by atoms with van der Waals surface area (Å²) >= 11 is 13.0. The van der Waals surface area contributed by atoms with Crippen molar-refractivity contribution >= 4 is 110 Å². The van der Waals surface area contributed by atoms with E-state index in [0.29, 0.717) is 63.5 Å². The molecule has 2 fully saturated rings. The minimum Gasteiger partial charge on any atom is -0.462 e. The molecule has 26 heteroatoms. The smallest absolute Gasteiger partial charge is 0.418 e. The number of hydrogen-bond acceptors (Lipinski definition) is 18. The van der Waals surface area contributed by atoms with Crippen LogP contribution in [0.5, 0.6) is 0 Å². The van der Waals surface area contributed by atoms with E-state index in [1.807, 2.05) is 17.4 Å². The monoisotopic (exact) mass is 1830 g/mol. The number of ketones is 1. The molecule has 0 saturated carbocycles. The fourth-order valence-electron chi connectivity index (χ4n) is 15.2. The predicted molar refractivity (Wildman–Crippen MR) is 522 cm³/mol. The van der Waals surface area contributed by atoms with E-state index >= 15 is 0 Å². The number of esters is 2. The molecule has 1 atom stereocenters. The van der Waals surface area contributed by atoms with Gasteiger partial charge in [0.1, 0.15) is 17.4 Å². The summed E-state index contributed by atoms with van der Waals surface area (Å²) in [4.78, 5) is 152. The highest BCUT2D eigenvalue weighted by molar-refractivity contribution is 6.34. The number of nitrogens with zero attached hydrogens (tertiary/aromatic N) is 6. The standard InChI is InChI=1S/C48H69ClN4O7.C41H60ClN3O4.C6H15N.C5H7NO3.C3H6O/c1-5-7-9-11-13-15-17-18-20-22-24-28-34-59-45(56)36-31-32-38(49)40(35-36)51-43(54)41(53-46(57)48(3,4)60-47(53)58)42-50-39-30-26-25-29-37(39)44(55)52(42)33-27-23-21-19-16-14-12-10-8-6-2;1-3-5-7-9-11-13-15-17-19-23-29-45-38(43-36-26-22-21-25-34(36)40(45)47)32-39(46)44-37-31-33(27-28-35(37)42)41(48)49-30-24-20-18-16-14-12-10-8-6-4-2;1-4-7(5-2)6-3;1-5(2)3(7)6-4(8)9-5;1-3(2)4/h25-26,29-32,35,41H,5-24,27-28,33-34H2,1-4H3,(H,51,54);21-22,25-28,31H,3-20,23-24,29-30,32H2,1-2H3,(H,44,46);4-6H2,1-3H3;1-2H3,(H,6,7,8);1-2H3/i;;;;1D. The summed E-state index contributed by atoms with van der Waals surface area (Å²) in [6.45, 7) is 27.7. The number of nitrogens with one attached hydrogen (secondary N) is 3. The Morgan fingerprint density at radius 1 is 0.465 bits per heavy atom. The Hall–Kier alpha value is -8.87. The fourth-order valence-corrected chi connectivity index (χ4v) is 15.6. The van der Waals surface area contributed by atoms with Gasteiger partial charge in [0.2, 0.25) is 5.91 Å². The molecule has 0 spiro atoms. The molecule has 2 aliphatic rings. The molecule has 718 valence electrons. The van der Waals surface area contributed by atoms with E-state index in [1.54, 1.807) is 59.2 Å². The van der Waals surface area contributed by atoms with Gasteiger partial charge < -0.3 is 39.3 Å². The number of unbranched alkanes of at least 4 members (excludes halogenated alkanes) is 38. The van der Waals surface area contributed by atoms with Crippen LogP contribution >= 0.6 is 23.2 Å². The number of amides is 6. The first kappa shape index (κ1) is 111. The summed E-state index contributed by atoms with van der Waals surface area (Å²) in [5.41, 5.74) is -1.29. The number of halogens is 2. The maximum Gasteiger partial charge on any atom is 0.418 e. The summed E-state index contributed by atoms with van der Waals surface area (Å²) < 4.78 is 30.4. The minimum absolute atomic E-state index is 0.0649. The summed E-state index contributed by atoms with van der Waals surface area (Å²) in [6, 6.07) is 21.5. The van der Waals surface area contributed by atoms with Crippen LogP contribution in [0.1, 0.15) is 399 Å². The van der Waals surface area contributed by atoms with Gasteiger partial charge in [-0.2, -0.15) is 0 Å². The number of anilines is 2. The zero-order valence-electron chi connectivity index (χ0n) is 81.3. The number of Topliss-reactive ketones (excluding diaryl/α,β-unsaturated/α-hetero) is 1. The molecule has 129 heavy (non-hydrogen) atoms. The van der Waals surface area contributed by atoms with Crippen molar-refractivity contribution in [2.75, 3.05) is 43.5 Å². The molecule has 2 aliphatic heterocycles. The topological polar surface area (TPSA) is 303 Å². The molecule has 0 radical (unpaired) electrons. The number of alkyl carbamates (subject to hydrolysis) is 1. The first-order valence-electron chi connectivity index (χ1n) is 49.4. The van der Waals surface area contributed by atoms with Crippen LogP contribution in [0.2, 0.25) is 10.0 Å². The van der Waals surface area contributed by atoms with Gasteiger partial charge in [-0.15, -0.1) is 0 Å². The Balaban J connectivity index is 0.000000448. The molecule has 6 aromatic rings. The lowest BCUT2D eigenvalue weighted by Gasteiger charge is -2.26. The average molecular weight is 1830 g/mol. The number of ether oxygens (including phenoxy) is 4. The lowest BCUT2D eigenvalue weighted by molar-refractivity contribution is -0.139. The lowest BCUT2D eigenvalue weighted by Crippen LogP contribution is -2.46. The van der Waals surface area contributed by atoms with Crippen LogP contribution in [0, 0.1) is 0 Å². The van der Waals surface area contributed by atoms with Crippen molar-refractivity contribution in [2.24, 2.45) is 0 Å². The van der Waals surface area contributed by atoms with Crippen molar-refractivity contribution in [1.82, 2.24) is 34.2 Å². The van der Waals surface area contributed by atoms with Gasteiger partial charge in [-0.05, 0) is 147 Å². The Morgan fingerprint density at radius 2 is 0.822 bits per heavy atom. The molecular weight excluding hydrogens is 1670 g/mol. The first-order chi connectivity index (χ1) is 62.6. The van der Waals surface area contributed by atoms with E-state index in [9.17, 15) is 52.7 Å². The van der Waals surface area contributed by atoms with Crippen LogP contribution in [0.4, 0.5) is 21.0 Å². The van der Waals surface area contributed by atoms with Crippen molar-refractivity contribution in [3.63, 3.8) is 0 Å². The second kappa shape index (κ2) is 64.8. The average Bonchev–Trinajstić information content (AvgIpc) is 1.55. The molecule has 3 N–H and O–H groups in total. The maximum absolute atomic E-state index is 14.5. The van der Waals surface area contributed by atoms with E-state index in [1.165, 1.54) is 257 Å². The minimum atomic E-state index is -1.70. The zero-order chi connectivity index (χ0) is 95.5. The van der Waals surface area contributed by atoms with Crippen molar-refractivity contribution in [3.8, 4) is 0 Å². The van der Waals surface area contributed by atoms with E-state index in [4.69, 9.17) is 48.8 Å². The van der Waals surface area contributed by atoms with Crippen LogP contribution in [0.15, 0.2) is 94.5 Å². The third-order valence-electron chi connectivity index (χ3n) is 23.0. The normalized spacial score (nSPS) is 13.3. The van der Waals surface area contributed by atoms with Gasteiger partial charge in [-0.1, -0.05) is 340 Å². The van der Waals surface area contributed by atoms with E-state index < -0.39 is 53.2 Å². The Bertz CT molecular complexity index is 4510. The number of cyclic esters (lactones) is 2. The van der Waals surface area contributed by atoms with Crippen molar-refractivity contribution < 1.29 is 63.5 Å². The molecule has 4 heterocycles. The summed E-state index contributed by atoms with van der Waals surface area (Å²) in [6.07, 6.45) is 47.6. The number of fused-ring (bicyclic) bond motifs is 2. The van der Waals surface area contributed by atoms with Gasteiger partial charge >= 0.3 is 24.1 Å². The number of rotatable bonds is 58. The van der Waals surface area contributed by atoms with E-state index in [2.05, 4.69) is 68.7 Å². The summed E-state index contributed by atoms with van der Waals surface area (Å²) in [5, 5.41) is 8.90. The van der Waals surface area contributed by atoms with Crippen molar-refractivity contribution in [3.05, 3.63) is 138 Å². The third kappa shape index (κ3) is 42.9. The molecule has 1 unspecified atom stereocenters. The molecule has 4 aromatic carbocycles. The Morgan fingerprint density at radius 3 is 1.16 bits per heavy atom. The molecular formula is C103H157Cl2N9O15. The van der Waals surface area contributed by atoms with Crippen LogP contribution in [-0.4, -0.2) is 126 Å². The number of benzene rings is 4. The number of aromatic nitrogens is 4. The molecule has 2 saturated heterocycles. The molecule has 0 aliphatic carbocycles. The molecule has 0 bridgehead atoms. The molecule has 6 amide bonds. The number of imide groups is 2. The number of para-hydroxylation sites is 2. The van der Waals surface area contributed by atoms with Gasteiger partial charge in [0.25, 0.3) is 28.8 Å². The van der Waals surface area contributed by atoms with Crippen molar-refractivity contribution in [1.29, 1.82) is 0 Å². The van der Waals surface area contributed by atoms with Gasteiger partial charge in [0, 0.05) is 14.5 Å². The van der Waals surface area contributed by atoms with Crippen LogP contribution < -0.4 is 27.1 Å². The second-order valence-corrected chi connectivity index (χ2v) is 35.7. The fraction of sp³-hybridized carbons (Fsp3) is 0.641. The Labute approximate surface area is 781 Å². The predicted octanol–water partition coefficient (Wildman–Crippen LogP) is 25.5. The van der Waals surface area contributed by atoms with Crippen LogP contribution in [0.25, 0.3) is 21.8 Å². The van der Waals surface area contributed by atoms with E-state index in [0.717, 1.165) is 88.4 Å². The second-order valence-electron chi connectivity index (χ2n) is 34.9. The van der Waals surface area contributed by atoms with Gasteiger partial charge in [-0.25, -0.2) is 34.0 Å². The number of hydrogen-bond donors (Lipinski definition) is 3. The third-order valence-corrected chi connectivity index (χ3v) is 23.7. The molecule has 8 rings (SSSR count). The molecule has 2 aromatic heterocycles. The highest BCUT2D eigenvalue weighted by Crippen LogP contribution is 2.35. The van der Waals surface area contributed by atoms with Crippen LogP contribution in [-0.2, 0) is 62.4 Å².